The quantitative estimate of drug-likeness (QED) is 0.627. The van der Waals surface area contributed by atoms with Gasteiger partial charge in [0.05, 0.1) is 21.1 Å². The predicted octanol–water partition coefficient (Wildman–Crippen LogP) is 3.41. The summed E-state index contributed by atoms with van der Waals surface area (Å²) in [5.41, 5.74) is 1.20. The molecule has 0 atom stereocenters. The highest BCUT2D eigenvalue weighted by Gasteiger charge is 2.27. The topological polar surface area (TPSA) is 101 Å². The molecule has 7 nitrogen and oxygen atoms in total. The molecule has 1 aromatic heterocycles. The van der Waals surface area contributed by atoms with Gasteiger partial charge in [0.1, 0.15) is 5.00 Å². The van der Waals surface area contributed by atoms with Crippen molar-refractivity contribution in [3.05, 3.63) is 54.9 Å². The Morgan fingerprint density at radius 2 is 2.04 bits per heavy atom. The third-order valence-corrected chi connectivity index (χ3v) is 5.54. The van der Waals surface area contributed by atoms with Crippen LogP contribution in [0.25, 0.3) is 0 Å². The van der Waals surface area contributed by atoms with Crippen LogP contribution in [0.5, 0.6) is 0 Å². The van der Waals surface area contributed by atoms with E-state index in [1.165, 1.54) is 30.5 Å². The summed E-state index contributed by atoms with van der Waals surface area (Å²) in [7, 11) is 1.53. The summed E-state index contributed by atoms with van der Waals surface area (Å²) in [5.74, 6) is -0.849. The lowest BCUT2D eigenvalue weighted by Crippen LogP contribution is -2.21. The van der Waals surface area contributed by atoms with Gasteiger partial charge in [-0.2, -0.15) is 0 Å². The van der Waals surface area contributed by atoms with E-state index >= 15 is 0 Å². The number of aryl methyl sites for hydroxylation is 1. The molecule has 130 valence electrons. The number of hydrogen-bond donors (Lipinski definition) is 2. The van der Waals surface area contributed by atoms with Gasteiger partial charge in [0.25, 0.3) is 17.5 Å². The number of nitro groups is 1. The smallest absolute Gasteiger partial charge is 0.270 e. The van der Waals surface area contributed by atoms with Crippen LogP contribution in [0.2, 0.25) is 5.02 Å². The second kappa shape index (κ2) is 6.81. The Balaban J connectivity index is 1.96. The first-order chi connectivity index (χ1) is 11.9. The van der Waals surface area contributed by atoms with Gasteiger partial charge in [-0.3, -0.25) is 19.7 Å². The Kier molecular flexibility index (Phi) is 4.73. The number of hydrogen-bond acceptors (Lipinski definition) is 5. The van der Waals surface area contributed by atoms with Crippen LogP contribution < -0.4 is 10.6 Å². The monoisotopic (exact) mass is 379 g/mol. The first-order valence-electron chi connectivity index (χ1n) is 7.54. The number of fused-ring (bicyclic) bond motifs is 1. The Morgan fingerprint density at radius 1 is 1.28 bits per heavy atom. The van der Waals surface area contributed by atoms with Crippen LogP contribution in [0.15, 0.2) is 18.2 Å². The minimum absolute atomic E-state index is 0.00715. The molecule has 3 rings (SSSR count). The number of non-ortho nitro benzene ring substituents is 1. The van der Waals surface area contributed by atoms with Gasteiger partial charge < -0.3 is 10.6 Å². The summed E-state index contributed by atoms with van der Waals surface area (Å²) in [6.07, 6.45) is 2.65. The molecule has 25 heavy (non-hydrogen) atoms. The molecule has 1 aliphatic carbocycles. The first-order valence-corrected chi connectivity index (χ1v) is 8.73. The third kappa shape index (κ3) is 3.22. The summed E-state index contributed by atoms with van der Waals surface area (Å²) in [6.45, 7) is 0. The number of carbonyl (C=O) groups excluding carboxylic acids is 2. The lowest BCUT2D eigenvalue weighted by molar-refractivity contribution is -0.384. The molecule has 0 spiro atoms. The van der Waals surface area contributed by atoms with Crippen LogP contribution in [0.4, 0.5) is 10.7 Å². The average Bonchev–Trinajstić information content (AvgIpc) is 3.14. The molecule has 2 amide bonds. The zero-order chi connectivity index (χ0) is 18.1. The number of benzene rings is 1. The molecule has 0 aliphatic heterocycles. The molecule has 2 aromatic rings. The number of thiophene rings is 1. The zero-order valence-electron chi connectivity index (χ0n) is 13.2. The molecule has 0 saturated carbocycles. The standard InChI is InChI=1S/C16H14ClN3O4S/c1-18-15(22)13-9-3-2-4-12(9)25-16(13)19-14(21)10-7-8(20(23)24)5-6-11(10)17/h5-7H,2-4H2,1H3,(H,18,22)(H,19,21). The highest BCUT2D eigenvalue weighted by molar-refractivity contribution is 7.17. The Hall–Kier alpha value is -2.45. The SMILES string of the molecule is CNC(=O)c1c(NC(=O)c2cc([N+](=O)[O-])ccc2Cl)sc2c1CCC2. The molecule has 0 saturated heterocycles. The van der Waals surface area contributed by atoms with Crippen LogP contribution in [0, 0.1) is 10.1 Å². The van der Waals surface area contributed by atoms with Crippen molar-refractivity contribution >= 4 is 45.4 Å². The van der Waals surface area contributed by atoms with Crippen molar-refractivity contribution in [2.75, 3.05) is 12.4 Å². The predicted molar refractivity (Wildman–Crippen MR) is 95.8 cm³/mol. The Labute approximate surface area is 152 Å². The fourth-order valence-electron chi connectivity index (χ4n) is 2.83. The summed E-state index contributed by atoms with van der Waals surface area (Å²) in [6, 6.07) is 3.66. The van der Waals surface area contributed by atoms with Crippen molar-refractivity contribution in [2.24, 2.45) is 0 Å². The van der Waals surface area contributed by atoms with Gasteiger partial charge in [0.15, 0.2) is 0 Å². The van der Waals surface area contributed by atoms with Gasteiger partial charge in [0, 0.05) is 24.1 Å². The van der Waals surface area contributed by atoms with Crippen molar-refractivity contribution in [3.8, 4) is 0 Å². The number of nitrogens with one attached hydrogen (secondary N) is 2. The van der Waals surface area contributed by atoms with Gasteiger partial charge >= 0.3 is 0 Å². The molecule has 2 N–H and O–H groups in total. The largest absolute Gasteiger partial charge is 0.355 e. The zero-order valence-corrected chi connectivity index (χ0v) is 14.8. The second-order valence-electron chi connectivity index (χ2n) is 5.52. The van der Waals surface area contributed by atoms with E-state index in [1.807, 2.05) is 0 Å². The van der Waals surface area contributed by atoms with Crippen molar-refractivity contribution in [1.29, 1.82) is 0 Å². The van der Waals surface area contributed by atoms with Crippen LogP contribution in [-0.4, -0.2) is 23.8 Å². The number of carbonyl (C=O) groups is 2. The fourth-order valence-corrected chi connectivity index (χ4v) is 4.31. The minimum atomic E-state index is -0.594. The highest BCUT2D eigenvalue weighted by atomic mass is 35.5. The van der Waals surface area contributed by atoms with Gasteiger partial charge in [-0.05, 0) is 30.9 Å². The molecule has 1 heterocycles. The fraction of sp³-hybridized carbons (Fsp3) is 0.250. The Morgan fingerprint density at radius 3 is 2.72 bits per heavy atom. The summed E-state index contributed by atoms with van der Waals surface area (Å²) >= 11 is 7.37. The molecular formula is C16H14ClN3O4S. The molecule has 0 unspecified atom stereocenters. The molecule has 0 fully saturated rings. The van der Waals surface area contributed by atoms with Crippen molar-refractivity contribution in [1.82, 2.24) is 5.32 Å². The van der Waals surface area contributed by atoms with Gasteiger partial charge in [-0.1, -0.05) is 11.6 Å². The number of amides is 2. The van der Waals surface area contributed by atoms with E-state index in [4.69, 9.17) is 11.6 Å². The molecular weight excluding hydrogens is 366 g/mol. The lowest BCUT2D eigenvalue weighted by atomic mass is 10.1. The molecule has 9 heteroatoms. The lowest BCUT2D eigenvalue weighted by Gasteiger charge is -2.08. The van der Waals surface area contributed by atoms with Crippen LogP contribution in [0.1, 0.15) is 37.6 Å². The summed E-state index contributed by atoms with van der Waals surface area (Å²) in [5, 5.41) is 16.7. The maximum absolute atomic E-state index is 12.6. The van der Waals surface area contributed by atoms with Gasteiger partial charge in [-0.25, -0.2) is 0 Å². The minimum Gasteiger partial charge on any atom is -0.355 e. The van der Waals surface area contributed by atoms with E-state index in [1.54, 1.807) is 0 Å². The number of anilines is 1. The van der Waals surface area contributed by atoms with Crippen LogP contribution in [0.3, 0.4) is 0 Å². The second-order valence-corrected chi connectivity index (χ2v) is 7.03. The van der Waals surface area contributed by atoms with E-state index in [0.29, 0.717) is 10.6 Å². The number of nitrogens with zero attached hydrogens (tertiary/aromatic N) is 1. The number of nitro benzene ring substituents is 1. The maximum atomic E-state index is 12.6. The molecule has 1 aliphatic rings. The van der Waals surface area contributed by atoms with Crippen molar-refractivity contribution in [2.45, 2.75) is 19.3 Å². The molecule has 1 aromatic carbocycles. The van der Waals surface area contributed by atoms with E-state index in [2.05, 4.69) is 10.6 Å². The van der Waals surface area contributed by atoms with E-state index in [0.717, 1.165) is 35.8 Å². The van der Waals surface area contributed by atoms with Gasteiger partial charge in [0.2, 0.25) is 0 Å². The van der Waals surface area contributed by atoms with Crippen LogP contribution >= 0.6 is 22.9 Å². The molecule has 0 bridgehead atoms. The molecule has 0 radical (unpaired) electrons. The average molecular weight is 380 g/mol. The van der Waals surface area contributed by atoms with Crippen molar-refractivity contribution in [3.63, 3.8) is 0 Å². The summed E-state index contributed by atoms with van der Waals surface area (Å²) < 4.78 is 0. The Bertz CT molecular complexity index is 894. The van der Waals surface area contributed by atoms with E-state index < -0.39 is 10.8 Å². The maximum Gasteiger partial charge on any atom is 0.270 e. The summed E-state index contributed by atoms with van der Waals surface area (Å²) in [4.78, 5) is 36.2. The number of halogens is 1. The van der Waals surface area contributed by atoms with E-state index in [-0.39, 0.29) is 22.2 Å². The van der Waals surface area contributed by atoms with Gasteiger partial charge in [-0.15, -0.1) is 11.3 Å². The first kappa shape index (κ1) is 17.4. The third-order valence-electron chi connectivity index (χ3n) is 4.01. The normalized spacial score (nSPS) is 12.6. The number of rotatable bonds is 4. The van der Waals surface area contributed by atoms with E-state index in [9.17, 15) is 19.7 Å². The van der Waals surface area contributed by atoms with Crippen LogP contribution in [-0.2, 0) is 12.8 Å². The highest BCUT2D eigenvalue weighted by Crippen LogP contribution is 2.39. The van der Waals surface area contributed by atoms with Crippen molar-refractivity contribution < 1.29 is 14.5 Å².